The summed E-state index contributed by atoms with van der Waals surface area (Å²) in [6.07, 6.45) is 2.08. The number of carbonyl (C=O) groups excluding carboxylic acids is 2. The van der Waals surface area contributed by atoms with Gasteiger partial charge in [-0.3, -0.25) is 14.4 Å². The number of anilines is 1. The lowest BCUT2D eigenvalue weighted by molar-refractivity contribution is -0.163. The fourth-order valence-electron chi connectivity index (χ4n) is 6.58. The first-order valence-electron chi connectivity index (χ1n) is 12.3. The summed E-state index contributed by atoms with van der Waals surface area (Å²) in [4.78, 5) is 30.8. The average Bonchev–Trinajstić information content (AvgIpc) is 3.35. The largest absolute Gasteiger partial charge is 0.469 e. The van der Waals surface area contributed by atoms with Crippen LogP contribution in [0.1, 0.15) is 36.0 Å². The van der Waals surface area contributed by atoms with Gasteiger partial charge < -0.3 is 10.1 Å². The molecule has 5 rings (SSSR count). The summed E-state index contributed by atoms with van der Waals surface area (Å²) in [5.74, 6) is -7.02. The highest BCUT2D eigenvalue weighted by Crippen LogP contribution is 2.56. The molecular weight excluding hydrogens is 561 g/mol. The van der Waals surface area contributed by atoms with Crippen LogP contribution in [0.5, 0.6) is 0 Å². The van der Waals surface area contributed by atoms with E-state index in [1.54, 1.807) is 12.1 Å². The van der Waals surface area contributed by atoms with Gasteiger partial charge in [-0.05, 0) is 55.7 Å². The number of nitrogens with one attached hydrogen (secondary N) is 1. The third-order valence-corrected chi connectivity index (χ3v) is 11.2. The van der Waals surface area contributed by atoms with Crippen molar-refractivity contribution in [3.05, 3.63) is 58.4 Å². The molecule has 0 radical (unpaired) electrons. The van der Waals surface area contributed by atoms with Crippen LogP contribution < -0.4 is 5.32 Å². The molecule has 1 saturated heterocycles. The summed E-state index contributed by atoms with van der Waals surface area (Å²) < 4.78 is 73.4. The third-order valence-electron chi connectivity index (χ3n) is 8.37. The molecule has 3 fully saturated rings. The average molecular weight is 587 g/mol. The van der Waals surface area contributed by atoms with Crippen LogP contribution in [0.4, 0.5) is 18.9 Å². The summed E-state index contributed by atoms with van der Waals surface area (Å²) in [6, 6.07) is 4.92. The van der Waals surface area contributed by atoms with Crippen molar-refractivity contribution >= 4 is 39.0 Å². The first-order valence-corrected chi connectivity index (χ1v) is 14.3. The van der Waals surface area contributed by atoms with E-state index < -0.39 is 55.9 Å². The Morgan fingerprint density at radius 2 is 1.72 bits per heavy atom. The van der Waals surface area contributed by atoms with E-state index in [2.05, 4.69) is 5.32 Å². The minimum atomic E-state index is -4.04. The number of rotatable bonds is 5. The number of benzene rings is 2. The van der Waals surface area contributed by atoms with E-state index in [9.17, 15) is 31.2 Å². The van der Waals surface area contributed by atoms with Gasteiger partial charge in [0.15, 0.2) is 27.3 Å². The molecule has 1 aliphatic heterocycles. The topological polar surface area (TPSA) is 102 Å². The molecule has 1 amide bonds. The Bertz CT molecular complexity index is 1420. The number of hydrogen-bond acceptors (Lipinski definition) is 7. The number of nitrogens with zero attached hydrogens (tertiary/aromatic N) is 1. The normalized spacial score (nSPS) is 28.6. The molecule has 5 atom stereocenters. The van der Waals surface area contributed by atoms with Crippen LogP contribution in [0.2, 0.25) is 5.02 Å². The molecular formula is C26H26ClF3N2O6S. The Morgan fingerprint density at radius 3 is 2.31 bits per heavy atom. The van der Waals surface area contributed by atoms with Crippen LogP contribution in [0.15, 0.2) is 35.2 Å². The van der Waals surface area contributed by atoms with E-state index in [1.807, 2.05) is 0 Å². The van der Waals surface area contributed by atoms with Gasteiger partial charge in [-0.15, -0.1) is 0 Å². The maximum Gasteiger partial charge on any atom is 0.313 e. The second-order valence-electron chi connectivity index (χ2n) is 10.3. The Labute approximate surface area is 228 Å². The molecule has 39 heavy (non-hydrogen) atoms. The van der Waals surface area contributed by atoms with Crippen molar-refractivity contribution in [3.8, 4) is 0 Å². The van der Waals surface area contributed by atoms with Gasteiger partial charge >= 0.3 is 5.97 Å². The van der Waals surface area contributed by atoms with Gasteiger partial charge in [0.05, 0.1) is 34.4 Å². The van der Waals surface area contributed by atoms with Crippen molar-refractivity contribution in [2.75, 3.05) is 26.1 Å². The minimum absolute atomic E-state index is 0.0705. The van der Waals surface area contributed by atoms with Crippen LogP contribution >= 0.6 is 11.6 Å². The molecule has 2 bridgehead atoms. The quantitative estimate of drug-likeness (QED) is 0.410. The Morgan fingerprint density at radius 1 is 1.10 bits per heavy atom. The van der Waals surface area contributed by atoms with Gasteiger partial charge in [0.1, 0.15) is 5.92 Å². The van der Waals surface area contributed by atoms with Crippen LogP contribution in [0, 0.1) is 35.2 Å². The van der Waals surface area contributed by atoms with Gasteiger partial charge in [-0.25, -0.2) is 21.6 Å². The number of methoxy groups -OCH3 is 1. The molecule has 0 aromatic heterocycles. The summed E-state index contributed by atoms with van der Waals surface area (Å²) in [7, 11) is -0.983. The number of ether oxygens (including phenoxy) is 1. The Balaban J connectivity index is 1.43. The lowest BCUT2D eigenvalue weighted by Gasteiger charge is -2.46. The fourth-order valence-corrected chi connectivity index (χ4v) is 9.42. The molecule has 2 aromatic rings. The summed E-state index contributed by atoms with van der Waals surface area (Å²) in [6.45, 7) is 0.158. The number of fused-ring (bicyclic) bond motifs is 2. The molecule has 3 aliphatic rings. The number of carbonyl (C=O) groups is 2. The highest BCUT2D eigenvalue weighted by Gasteiger charge is 2.62. The third kappa shape index (κ3) is 4.60. The second kappa shape index (κ2) is 10.1. The summed E-state index contributed by atoms with van der Waals surface area (Å²) >= 11 is 6.33. The van der Waals surface area contributed by atoms with Gasteiger partial charge in [0, 0.05) is 30.4 Å². The first-order chi connectivity index (χ1) is 18.4. The zero-order chi connectivity index (χ0) is 28.3. The van der Waals surface area contributed by atoms with Crippen molar-refractivity contribution in [2.45, 2.75) is 41.4 Å². The Hall–Kier alpha value is -2.67. The zero-order valence-corrected chi connectivity index (χ0v) is 22.6. The van der Waals surface area contributed by atoms with Gasteiger partial charge in [0.25, 0.3) is 5.91 Å². The van der Waals surface area contributed by atoms with E-state index in [4.69, 9.17) is 21.2 Å². The van der Waals surface area contributed by atoms with Crippen molar-refractivity contribution in [3.63, 3.8) is 0 Å². The molecule has 210 valence electrons. The SMILES string of the molecule is COC(=O)C1CON(C)C12CC1CC[C@@H](C2)C1S(=O)(=O)c1cc(C(=O)Nc2cc(F)c(F)c(F)c2)ccc1Cl. The molecule has 2 saturated carbocycles. The molecule has 2 aromatic carbocycles. The highest BCUT2D eigenvalue weighted by molar-refractivity contribution is 7.92. The second-order valence-corrected chi connectivity index (χ2v) is 12.8. The number of esters is 1. The van der Waals surface area contributed by atoms with E-state index in [0.717, 1.165) is 6.07 Å². The lowest BCUT2D eigenvalue weighted by Crippen LogP contribution is -2.56. The molecule has 2 aliphatic carbocycles. The van der Waals surface area contributed by atoms with Crippen LogP contribution in [-0.2, 0) is 24.2 Å². The fraction of sp³-hybridized carbons (Fsp3) is 0.462. The predicted octanol–water partition coefficient (Wildman–Crippen LogP) is 4.38. The maximum absolute atomic E-state index is 14.0. The van der Waals surface area contributed by atoms with E-state index >= 15 is 0 Å². The number of hydrogen-bond donors (Lipinski definition) is 1. The first kappa shape index (κ1) is 27.9. The molecule has 4 unspecified atom stereocenters. The standard InChI is InChI=1S/C26H26ClF3N2O6S/c1-32-26(17(12-38-32)25(34)37-2)10-14-3-4-15(11-26)23(14)39(35,36)21-7-13(5-6-18(21)27)24(33)31-16-8-19(28)22(30)20(29)9-16/h5-9,14-15,17,23H,3-4,10-12H2,1-2H3,(H,31,33)/t14-,15?,17?,23?,26?/m0/s1. The van der Waals surface area contributed by atoms with Crippen LogP contribution in [0.3, 0.4) is 0 Å². The number of hydroxylamine groups is 2. The smallest absolute Gasteiger partial charge is 0.313 e. The van der Waals surface area contributed by atoms with E-state index in [-0.39, 0.29) is 39.6 Å². The minimum Gasteiger partial charge on any atom is -0.469 e. The van der Waals surface area contributed by atoms with E-state index in [0.29, 0.717) is 37.8 Å². The molecule has 1 N–H and O–H groups in total. The zero-order valence-electron chi connectivity index (χ0n) is 21.0. The number of amides is 1. The van der Waals surface area contributed by atoms with Crippen molar-refractivity contribution in [1.29, 1.82) is 0 Å². The molecule has 1 spiro atoms. The van der Waals surface area contributed by atoms with Gasteiger partial charge in [-0.1, -0.05) is 11.6 Å². The van der Waals surface area contributed by atoms with Gasteiger partial charge in [-0.2, -0.15) is 5.06 Å². The molecule has 13 heteroatoms. The van der Waals surface area contributed by atoms with Crippen LogP contribution in [0.25, 0.3) is 0 Å². The highest BCUT2D eigenvalue weighted by atomic mass is 35.5. The Kier molecular flexibility index (Phi) is 7.19. The van der Waals surface area contributed by atoms with Crippen molar-refractivity contribution in [1.82, 2.24) is 5.06 Å². The number of halogens is 4. The molecule has 1 heterocycles. The monoisotopic (exact) mass is 586 g/mol. The van der Waals surface area contributed by atoms with Crippen molar-refractivity contribution < 1.29 is 40.8 Å². The van der Waals surface area contributed by atoms with Crippen molar-refractivity contribution in [2.24, 2.45) is 17.8 Å². The van der Waals surface area contributed by atoms with Gasteiger partial charge in [0.2, 0.25) is 0 Å². The number of sulfone groups is 1. The molecule has 8 nitrogen and oxygen atoms in total. The summed E-state index contributed by atoms with van der Waals surface area (Å²) in [5.41, 5.74) is -1.14. The predicted molar refractivity (Wildman–Crippen MR) is 134 cm³/mol. The lowest BCUT2D eigenvalue weighted by atomic mass is 9.68. The summed E-state index contributed by atoms with van der Waals surface area (Å²) in [5, 5.41) is 3.06. The van der Waals surface area contributed by atoms with E-state index in [1.165, 1.54) is 19.2 Å². The van der Waals surface area contributed by atoms with Crippen LogP contribution in [-0.4, -0.2) is 56.9 Å². The maximum atomic E-state index is 14.0.